The van der Waals surface area contributed by atoms with E-state index < -0.39 is 11.7 Å². The van der Waals surface area contributed by atoms with Gasteiger partial charge >= 0.3 is 6.18 Å². The Kier molecular flexibility index (Phi) is 3.17. The topological polar surface area (TPSA) is 49.8 Å². The molecule has 0 heterocycles. The minimum absolute atomic E-state index is 0.0128. The van der Waals surface area contributed by atoms with Crippen molar-refractivity contribution in [1.82, 2.24) is 0 Å². The van der Waals surface area contributed by atoms with E-state index >= 15 is 0 Å². The van der Waals surface area contributed by atoms with E-state index in [0.29, 0.717) is 0 Å². The molecule has 19 heavy (non-hydrogen) atoms. The zero-order valence-corrected chi connectivity index (χ0v) is 9.70. The monoisotopic (exact) mass is 262 g/mol. The van der Waals surface area contributed by atoms with Crippen LogP contribution in [0.2, 0.25) is 0 Å². The van der Waals surface area contributed by atoms with Crippen molar-refractivity contribution in [3.8, 4) is 17.2 Å². The van der Waals surface area contributed by atoms with Gasteiger partial charge in [-0.05, 0) is 35.4 Å². The van der Waals surface area contributed by atoms with Crippen LogP contribution in [0.15, 0.2) is 42.5 Å². The van der Waals surface area contributed by atoms with Gasteiger partial charge < -0.3 is 5.73 Å². The fourth-order valence-corrected chi connectivity index (χ4v) is 1.85. The van der Waals surface area contributed by atoms with Crippen molar-refractivity contribution in [2.24, 2.45) is 0 Å². The molecule has 5 heteroatoms. The number of anilines is 1. The summed E-state index contributed by atoms with van der Waals surface area (Å²) in [4.78, 5) is 0. The number of hydrogen-bond acceptors (Lipinski definition) is 2. The summed E-state index contributed by atoms with van der Waals surface area (Å²) in [6.45, 7) is 0. The van der Waals surface area contributed by atoms with Crippen molar-refractivity contribution in [3.05, 3.63) is 53.6 Å². The van der Waals surface area contributed by atoms with Gasteiger partial charge in [0.05, 0.1) is 17.2 Å². The van der Waals surface area contributed by atoms with E-state index in [4.69, 9.17) is 11.0 Å². The molecule has 0 bridgehead atoms. The molecular weight excluding hydrogens is 253 g/mol. The second-order valence-corrected chi connectivity index (χ2v) is 4.00. The Labute approximate surface area is 107 Å². The van der Waals surface area contributed by atoms with E-state index in [1.807, 2.05) is 6.07 Å². The van der Waals surface area contributed by atoms with Gasteiger partial charge in [0, 0.05) is 5.69 Å². The second kappa shape index (κ2) is 4.65. The summed E-state index contributed by atoms with van der Waals surface area (Å²) in [7, 11) is 0. The van der Waals surface area contributed by atoms with Crippen LogP contribution in [0.4, 0.5) is 18.9 Å². The largest absolute Gasteiger partial charge is 0.417 e. The molecule has 2 aromatic rings. The van der Waals surface area contributed by atoms with E-state index in [2.05, 4.69) is 0 Å². The number of nitriles is 1. The van der Waals surface area contributed by atoms with Gasteiger partial charge in [-0.15, -0.1) is 0 Å². The number of hydrogen-bond donors (Lipinski definition) is 1. The predicted molar refractivity (Wildman–Crippen MR) is 66.0 cm³/mol. The van der Waals surface area contributed by atoms with Crippen LogP contribution < -0.4 is 5.73 Å². The Morgan fingerprint density at radius 2 is 1.74 bits per heavy atom. The first-order valence-corrected chi connectivity index (χ1v) is 5.39. The van der Waals surface area contributed by atoms with Gasteiger partial charge in [-0.2, -0.15) is 18.4 Å². The molecule has 2 rings (SSSR count). The summed E-state index contributed by atoms with van der Waals surface area (Å²) in [6.07, 6.45) is -4.45. The molecule has 96 valence electrons. The van der Waals surface area contributed by atoms with E-state index in [9.17, 15) is 13.2 Å². The highest BCUT2D eigenvalue weighted by atomic mass is 19.4. The zero-order chi connectivity index (χ0) is 14.0. The molecule has 0 saturated heterocycles. The second-order valence-electron chi connectivity index (χ2n) is 4.00. The van der Waals surface area contributed by atoms with E-state index in [1.165, 1.54) is 36.4 Å². The fourth-order valence-electron chi connectivity index (χ4n) is 1.85. The quantitative estimate of drug-likeness (QED) is 0.794. The van der Waals surface area contributed by atoms with Crippen LogP contribution in [0.25, 0.3) is 11.1 Å². The first-order chi connectivity index (χ1) is 8.91. The van der Waals surface area contributed by atoms with Gasteiger partial charge in [-0.1, -0.05) is 18.2 Å². The summed E-state index contributed by atoms with van der Waals surface area (Å²) in [6, 6.07) is 11.3. The Hall–Kier alpha value is -2.48. The summed E-state index contributed by atoms with van der Waals surface area (Å²) in [5.41, 5.74) is 5.63. The van der Waals surface area contributed by atoms with Gasteiger partial charge in [0.15, 0.2) is 0 Å². The average Bonchev–Trinajstić information content (AvgIpc) is 2.37. The molecule has 0 spiro atoms. The van der Waals surface area contributed by atoms with Gasteiger partial charge in [0.1, 0.15) is 0 Å². The first-order valence-electron chi connectivity index (χ1n) is 5.39. The number of nitrogens with zero attached hydrogens (tertiary/aromatic N) is 1. The van der Waals surface area contributed by atoms with Crippen molar-refractivity contribution in [2.45, 2.75) is 6.18 Å². The standard InChI is InChI=1S/C14H9F3N2/c15-14(16,17)13-4-2-1-3-12(13)10-5-9(8-18)6-11(19)7-10/h1-7H,19H2. The smallest absolute Gasteiger partial charge is 0.399 e. The number of nitrogen functional groups attached to an aromatic ring is 1. The predicted octanol–water partition coefficient (Wildman–Crippen LogP) is 3.83. The number of alkyl halides is 3. The molecule has 0 aliphatic rings. The summed E-state index contributed by atoms with van der Waals surface area (Å²) in [5.74, 6) is 0. The molecule has 0 unspecified atom stereocenters. The van der Waals surface area contributed by atoms with Crippen LogP contribution >= 0.6 is 0 Å². The van der Waals surface area contributed by atoms with E-state index in [1.54, 1.807) is 0 Å². The van der Waals surface area contributed by atoms with Gasteiger partial charge in [0.25, 0.3) is 0 Å². The third-order valence-corrected chi connectivity index (χ3v) is 2.63. The maximum absolute atomic E-state index is 12.9. The lowest BCUT2D eigenvalue weighted by Gasteiger charge is -2.13. The van der Waals surface area contributed by atoms with Crippen LogP contribution in [0.5, 0.6) is 0 Å². The van der Waals surface area contributed by atoms with Crippen molar-refractivity contribution < 1.29 is 13.2 Å². The van der Waals surface area contributed by atoms with Crippen molar-refractivity contribution in [2.75, 3.05) is 5.73 Å². The van der Waals surface area contributed by atoms with Gasteiger partial charge in [0.2, 0.25) is 0 Å². The average molecular weight is 262 g/mol. The minimum atomic E-state index is -4.45. The molecule has 0 saturated carbocycles. The number of halogens is 3. The summed E-state index contributed by atoms with van der Waals surface area (Å²) in [5, 5.41) is 8.83. The van der Waals surface area contributed by atoms with Gasteiger partial charge in [-0.3, -0.25) is 0 Å². The van der Waals surface area contributed by atoms with Crippen molar-refractivity contribution >= 4 is 5.69 Å². The number of nitrogens with two attached hydrogens (primary N) is 1. The third-order valence-electron chi connectivity index (χ3n) is 2.63. The van der Waals surface area contributed by atoms with Crippen LogP contribution in [0.3, 0.4) is 0 Å². The minimum Gasteiger partial charge on any atom is -0.399 e. The highest BCUT2D eigenvalue weighted by Crippen LogP contribution is 2.37. The Balaban J connectivity index is 2.67. The zero-order valence-electron chi connectivity index (χ0n) is 9.70. The van der Waals surface area contributed by atoms with Crippen molar-refractivity contribution in [3.63, 3.8) is 0 Å². The Morgan fingerprint density at radius 1 is 1.05 bits per heavy atom. The number of benzene rings is 2. The lowest BCUT2D eigenvalue weighted by Crippen LogP contribution is -2.07. The maximum Gasteiger partial charge on any atom is 0.417 e. The molecule has 0 aliphatic heterocycles. The van der Waals surface area contributed by atoms with Crippen LogP contribution in [-0.2, 0) is 6.18 Å². The molecular formula is C14H9F3N2. The maximum atomic E-state index is 12.9. The fraction of sp³-hybridized carbons (Fsp3) is 0.0714. The van der Waals surface area contributed by atoms with Crippen LogP contribution in [0.1, 0.15) is 11.1 Å². The van der Waals surface area contributed by atoms with Crippen LogP contribution in [0, 0.1) is 11.3 Å². The normalized spacial score (nSPS) is 11.1. The molecule has 2 nitrogen and oxygen atoms in total. The summed E-state index contributed by atoms with van der Waals surface area (Å²) < 4.78 is 38.8. The summed E-state index contributed by atoms with van der Waals surface area (Å²) >= 11 is 0. The van der Waals surface area contributed by atoms with Crippen molar-refractivity contribution in [1.29, 1.82) is 5.26 Å². The molecule has 0 aliphatic carbocycles. The van der Waals surface area contributed by atoms with Crippen LogP contribution in [-0.4, -0.2) is 0 Å². The highest BCUT2D eigenvalue weighted by molar-refractivity contribution is 5.72. The molecule has 0 amide bonds. The molecule has 0 radical (unpaired) electrons. The van der Waals surface area contributed by atoms with Gasteiger partial charge in [-0.25, -0.2) is 0 Å². The molecule has 0 aromatic heterocycles. The molecule has 0 atom stereocenters. The lowest BCUT2D eigenvalue weighted by molar-refractivity contribution is -0.137. The highest BCUT2D eigenvalue weighted by Gasteiger charge is 2.33. The molecule has 2 aromatic carbocycles. The third kappa shape index (κ3) is 2.68. The lowest BCUT2D eigenvalue weighted by atomic mass is 9.97. The Morgan fingerprint density at radius 3 is 2.37 bits per heavy atom. The van der Waals surface area contributed by atoms with E-state index in [0.717, 1.165) is 6.07 Å². The molecule has 0 fully saturated rings. The van der Waals surface area contributed by atoms with E-state index in [-0.39, 0.29) is 22.4 Å². The SMILES string of the molecule is N#Cc1cc(N)cc(-c2ccccc2C(F)(F)F)c1. The Bertz CT molecular complexity index is 654. The number of rotatable bonds is 1. The first kappa shape index (κ1) is 13.0. The molecule has 2 N–H and O–H groups in total.